The first-order chi connectivity index (χ1) is 9.83. The highest BCUT2D eigenvalue weighted by Gasteiger charge is 2.09. The fraction of sp³-hybridized carbons (Fsp3) is 0.938. The Balaban J connectivity index is 0.00000400. The minimum Gasteiger partial charge on any atom is -0.370 e. The van der Waals surface area contributed by atoms with Gasteiger partial charge in [0.15, 0.2) is 5.96 Å². The van der Waals surface area contributed by atoms with E-state index >= 15 is 0 Å². The van der Waals surface area contributed by atoms with E-state index in [1.807, 2.05) is 0 Å². The lowest BCUT2D eigenvalue weighted by Gasteiger charge is -2.13. The van der Waals surface area contributed by atoms with Crippen LogP contribution in [0.25, 0.3) is 0 Å². The van der Waals surface area contributed by atoms with Crippen LogP contribution >= 0.6 is 24.0 Å². The van der Waals surface area contributed by atoms with E-state index in [1.54, 1.807) is 0 Å². The number of nitrogens with zero attached hydrogens (tertiary/aromatic N) is 2. The highest BCUT2D eigenvalue weighted by atomic mass is 127. The molecule has 4 nitrogen and oxygen atoms in total. The Morgan fingerprint density at radius 3 is 2.43 bits per heavy atom. The lowest BCUT2D eigenvalue weighted by atomic mass is 10.1. The normalized spacial score (nSPS) is 16.0. The van der Waals surface area contributed by atoms with Crippen LogP contribution in [-0.4, -0.2) is 43.6 Å². The van der Waals surface area contributed by atoms with Gasteiger partial charge in [-0.2, -0.15) is 0 Å². The topological polar surface area (TPSA) is 53.6 Å². The summed E-state index contributed by atoms with van der Waals surface area (Å²) in [6, 6.07) is 0. The number of unbranched alkanes of at least 4 members (excludes halogenated alkanes) is 5. The predicted octanol–water partition coefficient (Wildman–Crippen LogP) is 3.36. The van der Waals surface area contributed by atoms with Gasteiger partial charge in [-0.15, -0.1) is 24.0 Å². The molecule has 1 heterocycles. The summed E-state index contributed by atoms with van der Waals surface area (Å²) in [7, 11) is 0. The van der Waals surface area contributed by atoms with Gasteiger partial charge < -0.3 is 16.0 Å². The van der Waals surface area contributed by atoms with Gasteiger partial charge in [0.05, 0.1) is 0 Å². The maximum absolute atomic E-state index is 5.86. The molecule has 1 aliphatic heterocycles. The van der Waals surface area contributed by atoms with E-state index in [9.17, 15) is 0 Å². The van der Waals surface area contributed by atoms with E-state index in [0.717, 1.165) is 19.5 Å². The Bertz CT molecular complexity index is 253. The molecule has 0 aromatic heterocycles. The first kappa shape index (κ1) is 21.0. The Morgan fingerprint density at radius 2 is 1.71 bits per heavy atom. The number of guanidine groups is 1. The van der Waals surface area contributed by atoms with Crippen molar-refractivity contribution in [3.63, 3.8) is 0 Å². The van der Waals surface area contributed by atoms with Crippen LogP contribution in [0.15, 0.2) is 4.99 Å². The van der Waals surface area contributed by atoms with E-state index in [4.69, 9.17) is 5.73 Å². The molecular formula is C16H35IN4. The van der Waals surface area contributed by atoms with Gasteiger partial charge in [0.2, 0.25) is 0 Å². The SMILES string of the molecule is CCCCCCCCNC(N)=NCCCN1CCCC1.I. The lowest BCUT2D eigenvalue weighted by molar-refractivity contribution is 0.336. The van der Waals surface area contributed by atoms with Crippen LogP contribution in [0.2, 0.25) is 0 Å². The van der Waals surface area contributed by atoms with E-state index in [1.165, 1.54) is 71.0 Å². The largest absolute Gasteiger partial charge is 0.370 e. The monoisotopic (exact) mass is 410 g/mol. The summed E-state index contributed by atoms with van der Waals surface area (Å²) in [5.74, 6) is 0.625. The highest BCUT2D eigenvalue weighted by molar-refractivity contribution is 14.0. The molecule has 5 heteroatoms. The average Bonchev–Trinajstić information content (AvgIpc) is 2.96. The van der Waals surface area contributed by atoms with Crippen LogP contribution in [0.3, 0.4) is 0 Å². The molecule has 0 aromatic carbocycles. The molecule has 0 bridgehead atoms. The second-order valence-electron chi connectivity index (χ2n) is 5.86. The summed E-state index contributed by atoms with van der Waals surface area (Å²) in [6.45, 7) is 7.79. The van der Waals surface area contributed by atoms with Gasteiger partial charge in [0.25, 0.3) is 0 Å². The second kappa shape index (κ2) is 14.9. The Labute approximate surface area is 148 Å². The van der Waals surface area contributed by atoms with Crippen LogP contribution in [-0.2, 0) is 0 Å². The molecule has 0 atom stereocenters. The average molecular weight is 410 g/mol. The van der Waals surface area contributed by atoms with Gasteiger partial charge in [0, 0.05) is 13.1 Å². The summed E-state index contributed by atoms with van der Waals surface area (Å²) >= 11 is 0. The van der Waals surface area contributed by atoms with Gasteiger partial charge in [-0.1, -0.05) is 39.0 Å². The molecule has 1 fully saturated rings. The third-order valence-corrected chi connectivity index (χ3v) is 3.95. The molecule has 0 radical (unpaired) electrons. The van der Waals surface area contributed by atoms with E-state index < -0.39 is 0 Å². The molecule has 1 saturated heterocycles. The van der Waals surface area contributed by atoms with Crippen LogP contribution < -0.4 is 11.1 Å². The molecule has 1 aliphatic rings. The molecule has 21 heavy (non-hydrogen) atoms. The van der Waals surface area contributed by atoms with Gasteiger partial charge in [-0.05, 0) is 45.3 Å². The number of rotatable bonds is 11. The summed E-state index contributed by atoms with van der Waals surface area (Å²) in [5, 5.41) is 3.22. The fourth-order valence-corrected chi connectivity index (χ4v) is 2.68. The zero-order valence-electron chi connectivity index (χ0n) is 13.8. The second-order valence-corrected chi connectivity index (χ2v) is 5.86. The molecule has 126 valence electrons. The van der Waals surface area contributed by atoms with Gasteiger partial charge in [-0.25, -0.2) is 0 Å². The molecule has 0 aromatic rings. The van der Waals surface area contributed by atoms with Crippen molar-refractivity contribution in [1.82, 2.24) is 10.2 Å². The van der Waals surface area contributed by atoms with Gasteiger partial charge >= 0.3 is 0 Å². The molecule has 0 spiro atoms. The highest BCUT2D eigenvalue weighted by Crippen LogP contribution is 2.07. The Kier molecular flexibility index (Phi) is 14.9. The zero-order chi connectivity index (χ0) is 14.5. The van der Waals surface area contributed by atoms with Gasteiger partial charge in [0.1, 0.15) is 0 Å². The van der Waals surface area contributed by atoms with Crippen molar-refractivity contribution in [2.45, 2.75) is 64.7 Å². The summed E-state index contributed by atoms with van der Waals surface area (Å²) in [6.07, 6.45) is 11.8. The molecular weight excluding hydrogens is 375 g/mol. The van der Waals surface area contributed by atoms with Crippen LogP contribution in [0.4, 0.5) is 0 Å². The minimum atomic E-state index is 0. The number of hydrogen-bond donors (Lipinski definition) is 2. The summed E-state index contributed by atoms with van der Waals surface area (Å²) in [4.78, 5) is 6.91. The zero-order valence-corrected chi connectivity index (χ0v) is 16.1. The van der Waals surface area contributed by atoms with Crippen molar-refractivity contribution in [2.75, 3.05) is 32.7 Å². The number of halogens is 1. The van der Waals surface area contributed by atoms with Gasteiger partial charge in [-0.3, -0.25) is 4.99 Å². The first-order valence-electron chi connectivity index (χ1n) is 8.59. The smallest absolute Gasteiger partial charge is 0.188 e. The number of nitrogens with one attached hydrogen (secondary N) is 1. The van der Waals surface area contributed by atoms with E-state index in [-0.39, 0.29) is 24.0 Å². The first-order valence-corrected chi connectivity index (χ1v) is 8.59. The van der Waals surface area contributed by atoms with Crippen molar-refractivity contribution in [1.29, 1.82) is 0 Å². The number of aliphatic imine (C=N–C) groups is 1. The van der Waals surface area contributed by atoms with Crippen molar-refractivity contribution in [3.8, 4) is 0 Å². The predicted molar refractivity (Wildman–Crippen MR) is 104 cm³/mol. The van der Waals surface area contributed by atoms with Crippen LogP contribution in [0.5, 0.6) is 0 Å². The van der Waals surface area contributed by atoms with Crippen molar-refractivity contribution < 1.29 is 0 Å². The number of hydrogen-bond acceptors (Lipinski definition) is 2. The fourth-order valence-electron chi connectivity index (χ4n) is 2.68. The van der Waals surface area contributed by atoms with Crippen molar-refractivity contribution in [3.05, 3.63) is 0 Å². The number of likely N-dealkylation sites (tertiary alicyclic amines) is 1. The summed E-state index contributed by atoms with van der Waals surface area (Å²) < 4.78 is 0. The maximum atomic E-state index is 5.86. The molecule has 1 rings (SSSR count). The van der Waals surface area contributed by atoms with Crippen molar-refractivity contribution in [2.24, 2.45) is 10.7 Å². The molecule has 0 aliphatic carbocycles. The van der Waals surface area contributed by atoms with Crippen LogP contribution in [0.1, 0.15) is 64.7 Å². The van der Waals surface area contributed by atoms with E-state index in [2.05, 4.69) is 22.1 Å². The standard InChI is InChI=1S/C16H34N4.HI/c1-2-3-4-5-6-7-11-18-16(17)19-12-10-15-20-13-8-9-14-20;/h2-15H2,1H3,(H3,17,18,19);1H. The molecule has 0 amide bonds. The molecule has 3 N–H and O–H groups in total. The maximum Gasteiger partial charge on any atom is 0.188 e. The molecule has 0 unspecified atom stereocenters. The lowest BCUT2D eigenvalue weighted by Crippen LogP contribution is -2.32. The Hall–Kier alpha value is -0.0400. The Morgan fingerprint density at radius 1 is 1.05 bits per heavy atom. The third kappa shape index (κ3) is 12.2. The third-order valence-electron chi connectivity index (χ3n) is 3.95. The quantitative estimate of drug-likeness (QED) is 0.238. The minimum absolute atomic E-state index is 0. The number of nitrogens with two attached hydrogens (primary N) is 1. The van der Waals surface area contributed by atoms with E-state index in [0.29, 0.717) is 5.96 Å². The van der Waals surface area contributed by atoms with Crippen molar-refractivity contribution >= 4 is 29.9 Å². The summed E-state index contributed by atoms with van der Waals surface area (Å²) in [5.41, 5.74) is 5.86. The molecule has 0 saturated carbocycles. The van der Waals surface area contributed by atoms with Crippen LogP contribution in [0, 0.1) is 0 Å².